The highest BCUT2D eigenvalue weighted by Gasteiger charge is 2.37. The minimum Gasteiger partial charge on any atom is -0.390 e. The smallest absolute Gasteiger partial charge is 0.270 e. The van der Waals surface area contributed by atoms with Crippen molar-refractivity contribution in [1.29, 1.82) is 0 Å². The van der Waals surface area contributed by atoms with Crippen molar-refractivity contribution in [1.82, 2.24) is 34.9 Å². The van der Waals surface area contributed by atoms with Crippen LogP contribution in [0.1, 0.15) is 97.9 Å². The third-order valence-corrected chi connectivity index (χ3v) is 10.6. The maximum absolute atomic E-state index is 15.8. The summed E-state index contributed by atoms with van der Waals surface area (Å²) in [6, 6.07) is 3.95. The lowest BCUT2D eigenvalue weighted by Gasteiger charge is -2.38. The minimum absolute atomic E-state index is 0.0658. The lowest BCUT2D eigenvalue weighted by atomic mass is 9.79. The van der Waals surface area contributed by atoms with E-state index in [1.54, 1.807) is 35.6 Å². The zero-order valence-corrected chi connectivity index (χ0v) is 29.1. The van der Waals surface area contributed by atoms with Crippen molar-refractivity contribution in [2.75, 3.05) is 18.4 Å². The molecule has 0 radical (unpaired) electrons. The van der Waals surface area contributed by atoms with Crippen LogP contribution in [-0.2, 0) is 16.1 Å². The summed E-state index contributed by atoms with van der Waals surface area (Å²) in [4.78, 5) is 55.7. The Morgan fingerprint density at radius 1 is 1.08 bits per heavy atom. The first-order valence-corrected chi connectivity index (χ1v) is 17.7. The molecule has 2 fully saturated rings. The van der Waals surface area contributed by atoms with Crippen LogP contribution in [0.4, 0.5) is 10.1 Å². The fourth-order valence-electron chi connectivity index (χ4n) is 6.61. The molecule has 49 heavy (non-hydrogen) atoms. The van der Waals surface area contributed by atoms with Gasteiger partial charge in [-0.25, -0.2) is 4.39 Å². The Morgan fingerprint density at radius 2 is 1.80 bits per heavy atom. The zero-order chi connectivity index (χ0) is 35.3. The van der Waals surface area contributed by atoms with E-state index < -0.39 is 47.1 Å². The molecular weight excluding hydrogens is 651 g/mol. The van der Waals surface area contributed by atoms with Gasteiger partial charge in [0.1, 0.15) is 28.5 Å². The van der Waals surface area contributed by atoms with E-state index in [1.165, 1.54) is 24.5 Å². The normalized spacial score (nSPS) is 20.9. The monoisotopic (exact) mass is 696 g/mol. The van der Waals surface area contributed by atoms with Crippen molar-refractivity contribution in [2.45, 2.75) is 96.4 Å². The van der Waals surface area contributed by atoms with Crippen LogP contribution >= 0.6 is 11.5 Å². The van der Waals surface area contributed by atoms with Gasteiger partial charge < -0.3 is 26.0 Å². The molecule has 4 amide bonds. The lowest BCUT2D eigenvalue weighted by molar-refractivity contribution is -0.137. The van der Waals surface area contributed by atoms with Crippen LogP contribution in [0, 0.1) is 17.7 Å². The Hall–Kier alpha value is -4.24. The van der Waals surface area contributed by atoms with Gasteiger partial charge >= 0.3 is 0 Å². The number of carbonyl (C=O) groups excluding carboxylic acids is 4. The maximum Gasteiger partial charge on any atom is 0.270 e. The Balaban J connectivity index is 1.34. The van der Waals surface area contributed by atoms with Crippen molar-refractivity contribution >= 4 is 40.8 Å². The summed E-state index contributed by atoms with van der Waals surface area (Å²) >= 11 is 0.893. The van der Waals surface area contributed by atoms with Gasteiger partial charge in [0.05, 0.1) is 17.5 Å². The summed E-state index contributed by atoms with van der Waals surface area (Å²) in [5, 5.41) is 26.7. The highest BCUT2D eigenvalue weighted by Crippen LogP contribution is 2.32. The fourth-order valence-corrected chi connectivity index (χ4v) is 7.03. The molecular formula is C34H45FN8O5S. The number of benzene rings is 1. The van der Waals surface area contributed by atoms with Gasteiger partial charge in [0.2, 0.25) is 11.8 Å². The third kappa shape index (κ3) is 8.68. The van der Waals surface area contributed by atoms with Crippen molar-refractivity contribution in [3.8, 4) is 0 Å². The first-order valence-electron chi connectivity index (χ1n) is 16.9. The van der Waals surface area contributed by atoms with E-state index in [4.69, 9.17) is 0 Å². The molecule has 3 heterocycles. The van der Waals surface area contributed by atoms with E-state index in [0.29, 0.717) is 49.7 Å². The molecule has 13 nitrogen and oxygen atoms in total. The van der Waals surface area contributed by atoms with Crippen molar-refractivity contribution in [2.24, 2.45) is 11.8 Å². The number of anilines is 1. The lowest BCUT2D eigenvalue weighted by Crippen LogP contribution is -2.54. The van der Waals surface area contributed by atoms with Crippen LogP contribution in [0.2, 0.25) is 0 Å². The number of nitrogens with one attached hydrogen (secondary N) is 3. The SMILES string of the molecule is CCn1nccc1C(=O)N[C@H](C(=O)Nc1ccc([C@H](C)[C@@H](NC(=O)c2cnns2)C(=O)N2CCC(C)(O)CC2)cc1F)C1CCC(C)CC1. The Morgan fingerprint density at radius 3 is 2.43 bits per heavy atom. The van der Waals surface area contributed by atoms with Crippen LogP contribution in [0.15, 0.2) is 36.7 Å². The molecule has 2 aliphatic rings. The van der Waals surface area contributed by atoms with E-state index in [9.17, 15) is 24.3 Å². The first-order chi connectivity index (χ1) is 23.4. The number of amides is 4. The number of aryl methyl sites for hydroxylation is 1. The second kappa shape index (κ2) is 15.5. The summed E-state index contributed by atoms with van der Waals surface area (Å²) in [5.74, 6) is -2.81. The Kier molecular flexibility index (Phi) is 11.4. The summed E-state index contributed by atoms with van der Waals surface area (Å²) in [6.07, 6.45) is 6.96. The van der Waals surface area contributed by atoms with Gasteiger partial charge in [-0.15, -0.1) is 5.10 Å². The predicted molar refractivity (Wildman–Crippen MR) is 181 cm³/mol. The highest BCUT2D eigenvalue weighted by atomic mass is 32.1. The zero-order valence-electron chi connectivity index (χ0n) is 28.3. The molecule has 1 aromatic carbocycles. The molecule has 5 rings (SSSR count). The van der Waals surface area contributed by atoms with Crippen LogP contribution in [0.5, 0.6) is 0 Å². The summed E-state index contributed by atoms with van der Waals surface area (Å²) < 4.78 is 21.0. The van der Waals surface area contributed by atoms with Crippen molar-refractivity contribution < 1.29 is 28.7 Å². The maximum atomic E-state index is 15.8. The van der Waals surface area contributed by atoms with E-state index in [0.717, 1.165) is 37.2 Å². The van der Waals surface area contributed by atoms with Gasteiger partial charge in [0.15, 0.2) is 0 Å². The Labute approximate surface area is 289 Å². The van der Waals surface area contributed by atoms with E-state index in [1.807, 2.05) is 6.92 Å². The molecule has 4 N–H and O–H groups in total. The van der Waals surface area contributed by atoms with Crippen molar-refractivity contribution in [3.63, 3.8) is 0 Å². The van der Waals surface area contributed by atoms with E-state index in [-0.39, 0.29) is 22.4 Å². The van der Waals surface area contributed by atoms with Crippen LogP contribution < -0.4 is 16.0 Å². The van der Waals surface area contributed by atoms with Crippen LogP contribution in [0.25, 0.3) is 0 Å². The van der Waals surface area contributed by atoms with Gasteiger partial charge in [-0.2, -0.15) is 5.10 Å². The molecule has 3 atom stereocenters. The first kappa shape index (κ1) is 36.1. The second-order valence-corrected chi connectivity index (χ2v) is 14.4. The molecule has 0 spiro atoms. The molecule has 0 unspecified atom stereocenters. The van der Waals surface area contributed by atoms with Gasteiger partial charge in [-0.05, 0) is 86.7 Å². The summed E-state index contributed by atoms with van der Waals surface area (Å²) in [5.41, 5.74) is -0.177. The second-order valence-electron chi connectivity index (χ2n) is 13.6. The molecule has 264 valence electrons. The topological polar surface area (TPSA) is 171 Å². The minimum atomic E-state index is -1.05. The average Bonchev–Trinajstić information content (AvgIpc) is 3.80. The van der Waals surface area contributed by atoms with Gasteiger partial charge in [0.25, 0.3) is 11.8 Å². The molecule has 1 saturated heterocycles. The standard InChI is InChI=1S/C34H45FN8O5S/c1-5-43-26(12-15-37-43)30(44)40-29(22-8-6-20(2)7-9-22)32(46)38-25-11-10-23(18-24(25)35)21(3)28(39-31(45)27-19-36-41-49-27)33(47)42-16-13-34(4,48)14-17-42/h10-12,15,18-22,28-29,48H,5-9,13-14,16-17H2,1-4H3,(H,38,46)(H,39,45)(H,40,44)/t20?,21-,22?,28+,29-/m0/s1. The largest absolute Gasteiger partial charge is 0.390 e. The quantitative estimate of drug-likeness (QED) is 0.235. The molecule has 1 aliphatic carbocycles. The number of halogens is 1. The molecule has 3 aromatic rings. The molecule has 15 heteroatoms. The number of piperidine rings is 1. The fraction of sp³-hybridized carbons (Fsp3) is 0.559. The highest BCUT2D eigenvalue weighted by molar-refractivity contribution is 7.07. The number of rotatable bonds is 11. The van der Waals surface area contributed by atoms with Gasteiger partial charge in [0, 0.05) is 31.7 Å². The molecule has 0 bridgehead atoms. The molecule has 1 aliphatic heterocycles. The van der Waals surface area contributed by atoms with E-state index >= 15 is 4.39 Å². The molecule has 1 saturated carbocycles. The summed E-state index contributed by atoms with van der Waals surface area (Å²) in [7, 11) is 0. The van der Waals surface area contributed by atoms with Crippen LogP contribution in [0.3, 0.4) is 0 Å². The molecule has 2 aromatic heterocycles. The number of hydrogen-bond donors (Lipinski definition) is 4. The number of hydrogen-bond acceptors (Lipinski definition) is 9. The number of likely N-dealkylation sites (tertiary alicyclic amines) is 1. The van der Waals surface area contributed by atoms with Crippen molar-refractivity contribution in [3.05, 3.63) is 58.6 Å². The summed E-state index contributed by atoms with van der Waals surface area (Å²) in [6.45, 7) is 8.59. The van der Waals surface area contributed by atoms with Crippen LogP contribution in [-0.4, -0.2) is 83.8 Å². The van der Waals surface area contributed by atoms with Gasteiger partial charge in [-0.1, -0.05) is 37.2 Å². The number of aliphatic hydroxyl groups is 1. The number of aromatic nitrogens is 4. The average molecular weight is 697 g/mol. The number of carbonyl (C=O) groups is 4. The number of nitrogens with zero attached hydrogens (tertiary/aromatic N) is 5. The van der Waals surface area contributed by atoms with E-state index in [2.05, 4.69) is 37.6 Å². The third-order valence-electron chi connectivity index (χ3n) is 9.92. The Bertz CT molecular complexity index is 1630. The van der Waals surface area contributed by atoms with Gasteiger partial charge in [-0.3, -0.25) is 23.9 Å². The predicted octanol–water partition coefficient (Wildman–Crippen LogP) is 3.73.